The summed E-state index contributed by atoms with van der Waals surface area (Å²) < 4.78 is 0. The first-order valence-corrected chi connectivity index (χ1v) is 7.94. The maximum absolute atomic E-state index is 9.32. The number of aliphatic hydroxyl groups excluding tert-OH is 1. The van der Waals surface area contributed by atoms with Crippen LogP contribution in [-0.4, -0.2) is 24.8 Å². The molecule has 1 fully saturated rings. The smallest absolute Gasteiger partial charge is 0.103 e. The second-order valence-corrected chi connectivity index (χ2v) is 6.13. The van der Waals surface area contributed by atoms with Gasteiger partial charge in [-0.05, 0) is 24.0 Å². The molecule has 2 aromatic carbocycles. The molecule has 1 saturated heterocycles. The Kier molecular flexibility index (Phi) is 4.69. The minimum Gasteiger partial charge on any atom is -0.396 e. The number of likely N-dealkylation sites (tertiary alicyclic amines) is 1. The molecule has 2 N–H and O–H groups in total. The maximum atomic E-state index is 9.32. The molecule has 2 aromatic rings. The first kappa shape index (κ1) is 14.3. The van der Waals surface area contributed by atoms with Crippen LogP contribution in [0.5, 0.6) is 0 Å². The molecule has 1 aliphatic rings. The Bertz CT molecular complexity index is 550. The topological polar surface area (TPSA) is 24.7 Å². The number of hydrogen-bond acceptors (Lipinski definition) is 1. The van der Waals surface area contributed by atoms with Gasteiger partial charge in [-0.25, -0.2) is 0 Å². The highest BCUT2D eigenvalue weighted by atomic mass is 16.3. The van der Waals surface area contributed by atoms with Gasteiger partial charge in [0.15, 0.2) is 0 Å². The van der Waals surface area contributed by atoms with Gasteiger partial charge in [-0.15, -0.1) is 0 Å². The van der Waals surface area contributed by atoms with E-state index in [1.807, 2.05) is 0 Å². The summed E-state index contributed by atoms with van der Waals surface area (Å²) in [5.74, 6) is 0.498. The third-order valence-electron chi connectivity index (χ3n) is 4.49. The van der Waals surface area contributed by atoms with Gasteiger partial charge >= 0.3 is 0 Å². The van der Waals surface area contributed by atoms with E-state index in [2.05, 4.69) is 54.6 Å². The Hall–Kier alpha value is -1.64. The van der Waals surface area contributed by atoms with E-state index in [-0.39, 0.29) is 0 Å². The van der Waals surface area contributed by atoms with Gasteiger partial charge in [-0.2, -0.15) is 0 Å². The van der Waals surface area contributed by atoms with Crippen LogP contribution in [0.1, 0.15) is 18.4 Å². The zero-order chi connectivity index (χ0) is 14.5. The molecule has 1 unspecified atom stereocenters. The summed E-state index contributed by atoms with van der Waals surface area (Å²) in [6.45, 7) is 3.76. The highest BCUT2D eigenvalue weighted by molar-refractivity contribution is 5.63. The molecular weight excluding hydrogens is 258 g/mol. The molecule has 21 heavy (non-hydrogen) atoms. The summed E-state index contributed by atoms with van der Waals surface area (Å²) in [4.78, 5) is 1.60. The summed E-state index contributed by atoms with van der Waals surface area (Å²) in [7, 11) is 0. The summed E-state index contributed by atoms with van der Waals surface area (Å²) in [6.07, 6.45) is 2.43. The fraction of sp³-hybridized carbons (Fsp3) is 0.368. The van der Waals surface area contributed by atoms with Crippen molar-refractivity contribution in [2.45, 2.75) is 19.4 Å². The van der Waals surface area contributed by atoms with Gasteiger partial charge in [0, 0.05) is 11.5 Å². The Morgan fingerprint density at radius 2 is 1.67 bits per heavy atom. The number of hydrogen-bond donors (Lipinski definition) is 2. The van der Waals surface area contributed by atoms with Gasteiger partial charge < -0.3 is 10.0 Å². The molecule has 0 spiro atoms. The molecule has 2 atom stereocenters. The van der Waals surface area contributed by atoms with E-state index in [0.717, 1.165) is 13.1 Å². The Balaban J connectivity index is 1.65. The zero-order valence-electron chi connectivity index (χ0n) is 12.5. The lowest BCUT2D eigenvalue weighted by Crippen LogP contribution is -3.12. The minimum atomic E-state index is 0.344. The highest BCUT2D eigenvalue weighted by Gasteiger charge is 2.22. The van der Waals surface area contributed by atoms with Crippen LogP contribution in [0, 0.1) is 5.92 Å². The van der Waals surface area contributed by atoms with Crippen LogP contribution < -0.4 is 4.90 Å². The van der Waals surface area contributed by atoms with Crippen LogP contribution in [0.4, 0.5) is 0 Å². The van der Waals surface area contributed by atoms with E-state index in [1.54, 1.807) is 4.90 Å². The van der Waals surface area contributed by atoms with Gasteiger partial charge in [0.2, 0.25) is 0 Å². The normalized spacial score (nSPS) is 22.1. The van der Waals surface area contributed by atoms with Crippen molar-refractivity contribution in [3.8, 4) is 11.1 Å². The van der Waals surface area contributed by atoms with Gasteiger partial charge in [0.1, 0.15) is 6.54 Å². The predicted molar refractivity (Wildman–Crippen MR) is 86.1 cm³/mol. The molecule has 0 aromatic heterocycles. The first-order valence-electron chi connectivity index (χ1n) is 7.94. The molecule has 0 aliphatic carbocycles. The maximum Gasteiger partial charge on any atom is 0.103 e. The Labute approximate surface area is 127 Å². The Morgan fingerprint density at radius 1 is 0.952 bits per heavy atom. The molecule has 0 saturated carbocycles. The number of benzene rings is 2. The third kappa shape index (κ3) is 3.72. The fourth-order valence-electron chi connectivity index (χ4n) is 3.30. The van der Waals surface area contributed by atoms with Gasteiger partial charge in [-0.1, -0.05) is 54.6 Å². The van der Waals surface area contributed by atoms with Crippen LogP contribution in [0.25, 0.3) is 11.1 Å². The lowest BCUT2D eigenvalue weighted by atomic mass is 9.98. The van der Waals surface area contributed by atoms with Crippen LogP contribution in [-0.2, 0) is 6.54 Å². The number of quaternary nitrogens is 1. The summed E-state index contributed by atoms with van der Waals surface area (Å²) in [5, 5.41) is 9.32. The van der Waals surface area contributed by atoms with E-state index >= 15 is 0 Å². The number of aliphatic hydroxyl groups is 1. The van der Waals surface area contributed by atoms with E-state index in [4.69, 9.17) is 0 Å². The predicted octanol–water partition coefficient (Wildman–Crippen LogP) is 2.14. The second-order valence-electron chi connectivity index (χ2n) is 6.13. The van der Waals surface area contributed by atoms with Crippen molar-refractivity contribution in [3.05, 3.63) is 60.2 Å². The van der Waals surface area contributed by atoms with Crippen molar-refractivity contribution in [2.75, 3.05) is 19.7 Å². The largest absolute Gasteiger partial charge is 0.396 e. The molecule has 110 valence electrons. The van der Waals surface area contributed by atoms with Crippen molar-refractivity contribution < 1.29 is 10.0 Å². The molecule has 2 nitrogen and oxygen atoms in total. The monoisotopic (exact) mass is 282 g/mol. The van der Waals surface area contributed by atoms with Crippen LogP contribution >= 0.6 is 0 Å². The molecule has 1 heterocycles. The molecular formula is C19H24NO+. The van der Waals surface area contributed by atoms with E-state index < -0.39 is 0 Å². The van der Waals surface area contributed by atoms with Crippen molar-refractivity contribution in [1.29, 1.82) is 0 Å². The molecule has 2 heteroatoms. The lowest BCUT2D eigenvalue weighted by molar-refractivity contribution is -0.922. The zero-order valence-corrected chi connectivity index (χ0v) is 12.5. The van der Waals surface area contributed by atoms with Crippen LogP contribution in [0.2, 0.25) is 0 Å². The average Bonchev–Trinajstić information content (AvgIpc) is 2.56. The first-order chi connectivity index (χ1) is 10.3. The lowest BCUT2D eigenvalue weighted by Gasteiger charge is -2.28. The van der Waals surface area contributed by atoms with Crippen molar-refractivity contribution in [1.82, 2.24) is 0 Å². The SMILES string of the molecule is OC[C@@H]1CCC[NH+](Cc2ccc(-c3ccccc3)cc2)C1. The molecule has 0 radical (unpaired) electrons. The molecule has 0 bridgehead atoms. The second kappa shape index (κ2) is 6.88. The van der Waals surface area contributed by atoms with Crippen molar-refractivity contribution in [3.63, 3.8) is 0 Å². The quantitative estimate of drug-likeness (QED) is 0.882. The fourth-order valence-corrected chi connectivity index (χ4v) is 3.30. The molecule has 1 aliphatic heterocycles. The summed E-state index contributed by atoms with van der Waals surface area (Å²) in [6, 6.07) is 19.4. The van der Waals surface area contributed by atoms with Crippen molar-refractivity contribution in [2.24, 2.45) is 5.92 Å². The van der Waals surface area contributed by atoms with Gasteiger partial charge in [0.05, 0.1) is 19.7 Å². The Morgan fingerprint density at radius 3 is 2.38 bits per heavy atom. The molecule has 0 amide bonds. The van der Waals surface area contributed by atoms with E-state index in [1.165, 1.54) is 36.1 Å². The number of rotatable bonds is 4. The van der Waals surface area contributed by atoms with E-state index in [0.29, 0.717) is 12.5 Å². The number of piperidine rings is 1. The summed E-state index contributed by atoms with van der Waals surface area (Å²) >= 11 is 0. The molecule has 3 rings (SSSR count). The highest BCUT2D eigenvalue weighted by Crippen LogP contribution is 2.19. The standard InChI is InChI=1S/C19H23NO/c21-15-17-5-4-12-20(14-17)13-16-8-10-19(11-9-16)18-6-2-1-3-7-18/h1-3,6-11,17,21H,4-5,12-15H2/p+1/t17-/m1/s1. The third-order valence-corrected chi connectivity index (χ3v) is 4.49. The van der Waals surface area contributed by atoms with Crippen molar-refractivity contribution >= 4 is 0 Å². The summed E-state index contributed by atoms with van der Waals surface area (Å²) in [5.41, 5.74) is 3.94. The van der Waals surface area contributed by atoms with Gasteiger partial charge in [0.25, 0.3) is 0 Å². The van der Waals surface area contributed by atoms with Crippen LogP contribution in [0.15, 0.2) is 54.6 Å². The number of nitrogens with one attached hydrogen (secondary N) is 1. The average molecular weight is 282 g/mol. The van der Waals surface area contributed by atoms with Crippen LogP contribution in [0.3, 0.4) is 0 Å². The van der Waals surface area contributed by atoms with E-state index in [9.17, 15) is 5.11 Å². The van der Waals surface area contributed by atoms with Gasteiger partial charge in [-0.3, -0.25) is 0 Å². The minimum absolute atomic E-state index is 0.344.